The van der Waals surface area contributed by atoms with Crippen LogP contribution < -0.4 is 11.1 Å². The van der Waals surface area contributed by atoms with E-state index in [4.69, 9.17) is 10.5 Å². The molecule has 0 saturated carbocycles. The number of nitrogens with zero attached hydrogens (tertiary/aromatic N) is 1. The zero-order valence-electron chi connectivity index (χ0n) is 10.4. The van der Waals surface area contributed by atoms with Gasteiger partial charge in [-0.25, -0.2) is 4.98 Å². The van der Waals surface area contributed by atoms with Crippen molar-refractivity contribution in [3.8, 4) is 0 Å². The summed E-state index contributed by atoms with van der Waals surface area (Å²) in [5.41, 5.74) is 6.34. The van der Waals surface area contributed by atoms with Crippen LogP contribution in [0.15, 0.2) is 5.38 Å². The molecule has 0 bridgehead atoms. The zero-order valence-corrected chi connectivity index (χ0v) is 11.3. The molecular weight excluding hydrogens is 254 g/mol. The number of nitrogens with one attached hydrogen (secondary N) is 1. The summed E-state index contributed by atoms with van der Waals surface area (Å²) >= 11 is 1.42. The highest BCUT2D eigenvalue weighted by Crippen LogP contribution is 2.15. The van der Waals surface area contributed by atoms with Crippen LogP contribution in [0.3, 0.4) is 0 Å². The number of hydrogen-bond donors (Lipinski definition) is 2. The Morgan fingerprint density at radius 1 is 1.61 bits per heavy atom. The monoisotopic (exact) mass is 271 g/mol. The third-order valence-corrected chi connectivity index (χ3v) is 3.13. The number of aromatic nitrogens is 1. The van der Waals surface area contributed by atoms with Gasteiger partial charge in [0.1, 0.15) is 11.6 Å². The maximum absolute atomic E-state index is 11.5. The fourth-order valence-electron chi connectivity index (χ4n) is 1.22. The van der Waals surface area contributed by atoms with Crippen molar-refractivity contribution in [2.24, 2.45) is 5.73 Å². The highest BCUT2D eigenvalue weighted by Gasteiger charge is 2.11. The highest BCUT2D eigenvalue weighted by molar-refractivity contribution is 7.09. The Labute approximate surface area is 110 Å². The molecule has 1 amide bonds. The lowest BCUT2D eigenvalue weighted by Gasteiger charge is -2.03. The number of thiazole rings is 1. The molecule has 100 valence electrons. The van der Waals surface area contributed by atoms with Gasteiger partial charge in [0.25, 0.3) is 0 Å². The summed E-state index contributed by atoms with van der Waals surface area (Å²) in [4.78, 5) is 26.8. The lowest BCUT2D eigenvalue weighted by molar-refractivity contribution is -0.143. The lowest BCUT2D eigenvalue weighted by Crippen LogP contribution is -2.31. The lowest BCUT2D eigenvalue weighted by atomic mass is 10.3. The van der Waals surface area contributed by atoms with Gasteiger partial charge in [-0.3, -0.25) is 9.59 Å². The molecule has 0 aromatic carbocycles. The van der Waals surface area contributed by atoms with E-state index in [1.807, 2.05) is 6.92 Å². The van der Waals surface area contributed by atoms with Gasteiger partial charge in [0.05, 0.1) is 24.8 Å². The largest absolute Gasteiger partial charge is 0.465 e. The van der Waals surface area contributed by atoms with E-state index in [1.54, 1.807) is 12.3 Å². The van der Waals surface area contributed by atoms with Gasteiger partial charge in [-0.2, -0.15) is 0 Å². The minimum atomic E-state index is -0.444. The Morgan fingerprint density at radius 3 is 2.89 bits per heavy atom. The summed E-state index contributed by atoms with van der Waals surface area (Å²) in [6.45, 7) is 3.74. The van der Waals surface area contributed by atoms with Crippen molar-refractivity contribution in [3.05, 3.63) is 16.1 Å². The highest BCUT2D eigenvalue weighted by atomic mass is 32.1. The van der Waals surface area contributed by atoms with Crippen molar-refractivity contribution in [3.63, 3.8) is 0 Å². The second-order valence-corrected chi connectivity index (χ2v) is 4.61. The van der Waals surface area contributed by atoms with Crippen molar-refractivity contribution >= 4 is 23.2 Å². The van der Waals surface area contributed by atoms with Gasteiger partial charge < -0.3 is 15.8 Å². The summed E-state index contributed by atoms with van der Waals surface area (Å²) in [6, 6.07) is -0.133. The topological polar surface area (TPSA) is 94.3 Å². The van der Waals surface area contributed by atoms with E-state index in [-0.39, 0.29) is 24.9 Å². The van der Waals surface area contributed by atoms with Crippen molar-refractivity contribution in [1.82, 2.24) is 10.3 Å². The van der Waals surface area contributed by atoms with Crippen LogP contribution in [0.4, 0.5) is 0 Å². The number of esters is 1. The Hall–Kier alpha value is -1.47. The van der Waals surface area contributed by atoms with Gasteiger partial charge in [-0.15, -0.1) is 11.3 Å². The quantitative estimate of drug-likeness (QED) is 0.730. The molecule has 1 unspecified atom stereocenters. The first-order valence-electron chi connectivity index (χ1n) is 5.65. The van der Waals surface area contributed by atoms with Crippen LogP contribution in [-0.4, -0.2) is 30.0 Å². The maximum atomic E-state index is 11.5. The predicted molar refractivity (Wildman–Crippen MR) is 68.1 cm³/mol. The molecule has 3 N–H and O–H groups in total. The molecule has 1 aromatic heterocycles. The van der Waals surface area contributed by atoms with Gasteiger partial charge in [0.15, 0.2) is 0 Å². The number of rotatable bonds is 6. The fraction of sp³-hybridized carbons (Fsp3) is 0.545. The van der Waals surface area contributed by atoms with Crippen LogP contribution in [0.2, 0.25) is 0 Å². The van der Waals surface area contributed by atoms with Gasteiger partial charge in [0, 0.05) is 5.38 Å². The minimum absolute atomic E-state index is 0.114. The molecule has 1 atom stereocenters. The zero-order chi connectivity index (χ0) is 13.5. The number of nitrogens with two attached hydrogens (primary N) is 1. The average molecular weight is 271 g/mol. The Bertz CT molecular complexity index is 417. The van der Waals surface area contributed by atoms with Crippen molar-refractivity contribution in [1.29, 1.82) is 0 Å². The van der Waals surface area contributed by atoms with Crippen molar-refractivity contribution < 1.29 is 14.3 Å². The molecule has 7 heteroatoms. The number of carbonyl (C=O) groups is 2. The van der Waals surface area contributed by atoms with E-state index < -0.39 is 5.97 Å². The van der Waals surface area contributed by atoms with E-state index in [0.29, 0.717) is 12.3 Å². The second kappa shape index (κ2) is 7.07. The summed E-state index contributed by atoms with van der Waals surface area (Å²) in [6.07, 6.45) is 0.141. The number of carbonyl (C=O) groups excluding carboxylic acids is 2. The van der Waals surface area contributed by atoms with E-state index in [0.717, 1.165) is 5.01 Å². The smallest absolute Gasteiger partial charge is 0.325 e. The van der Waals surface area contributed by atoms with Crippen LogP contribution in [-0.2, 0) is 20.7 Å². The van der Waals surface area contributed by atoms with Crippen LogP contribution in [0.5, 0.6) is 0 Å². The normalized spacial score (nSPS) is 11.9. The summed E-state index contributed by atoms with van der Waals surface area (Å²) in [7, 11) is 0. The van der Waals surface area contributed by atoms with Crippen LogP contribution in [0.1, 0.15) is 30.6 Å². The van der Waals surface area contributed by atoms with E-state index in [9.17, 15) is 9.59 Å². The number of hydrogen-bond acceptors (Lipinski definition) is 6. The van der Waals surface area contributed by atoms with E-state index >= 15 is 0 Å². The fourth-order valence-corrected chi connectivity index (χ4v) is 2.00. The maximum Gasteiger partial charge on any atom is 0.325 e. The first kappa shape index (κ1) is 14.6. The predicted octanol–water partition coefficient (Wildman–Crippen LogP) is 0.385. The summed E-state index contributed by atoms with van der Waals surface area (Å²) < 4.78 is 4.69. The van der Waals surface area contributed by atoms with Crippen LogP contribution in [0, 0.1) is 0 Å². The first-order valence-corrected chi connectivity index (χ1v) is 6.53. The van der Waals surface area contributed by atoms with Crippen molar-refractivity contribution in [2.75, 3.05) is 13.2 Å². The molecule has 0 saturated heterocycles. The molecule has 0 aliphatic rings. The third kappa shape index (κ3) is 4.80. The molecule has 0 aliphatic heterocycles. The second-order valence-electron chi connectivity index (χ2n) is 3.72. The van der Waals surface area contributed by atoms with Crippen molar-refractivity contribution in [2.45, 2.75) is 26.3 Å². The van der Waals surface area contributed by atoms with Gasteiger partial charge in [-0.05, 0) is 13.8 Å². The number of amides is 1. The van der Waals surface area contributed by atoms with E-state index in [2.05, 4.69) is 10.3 Å². The molecule has 0 fully saturated rings. The standard InChI is InChI=1S/C11H17N3O3S/c1-3-17-10(16)5-13-9(15)4-8-6-18-11(14-8)7(2)12/h6-7H,3-5,12H2,1-2H3,(H,13,15). The van der Waals surface area contributed by atoms with Gasteiger partial charge >= 0.3 is 5.97 Å². The molecule has 0 radical (unpaired) electrons. The molecule has 6 nitrogen and oxygen atoms in total. The molecule has 1 heterocycles. The molecule has 1 aromatic rings. The third-order valence-electron chi connectivity index (χ3n) is 2.04. The summed E-state index contributed by atoms with van der Waals surface area (Å²) in [5.74, 6) is -0.704. The Kier molecular flexibility index (Phi) is 5.73. The van der Waals surface area contributed by atoms with Gasteiger partial charge in [-0.1, -0.05) is 0 Å². The molecule has 1 rings (SSSR count). The average Bonchev–Trinajstić information content (AvgIpc) is 2.75. The van der Waals surface area contributed by atoms with E-state index in [1.165, 1.54) is 11.3 Å². The SMILES string of the molecule is CCOC(=O)CNC(=O)Cc1csc(C(C)N)n1. The molecule has 18 heavy (non-hydrogen) atoms. The van der Waals surface area contributed by atoms with Crippen LogP contribution >= 0.6 is 11.3 Å². The molecule has 0 spiro atoms. The molecular formula is C11H17N3O3S. The first-order chi connectivity index (χ1) is 8.52. The van der Waals surface area contributed by atoms with Crippen LogP contribution in [0.25, 0.3) is 0 Å². The summed E-state index contributed by atoms with van der Waals surface area (Å²) in [5, 5.41) is 5.06. The Morgan fingerprint density at radius 2 is 2.33 bits per heavy atom. The Balaban J connectivity index is 2.37. The van der Waals surface area contributed by atoms with Gasteiger partial charge in [0.2, 0.25) is 5.91 Å². The number of ether oxygens (including phenoxy) is 1. The molecule has 0 aliphatic carbocycles. The minimum Gasteiger partial charge on any atom is -0.465 e.